The minimum Gasteiger partial charge on any atom is -0.444 e. The van der Waals surface area contributed by atoms with Gasteiger partial charge in [0, 0.05) is 13.0 Å². The van der Waals surface area contributed by atoms with E-state index in [1.165, 1.54) is 12.1 Å². The number of hydrogen-bond donors (Lipinski definition) is 1. The first-order chi connectivity index (χ1) is 13.6. The van der Waals surface area contributed by atoms with Gasteiger partial charge >= 0.3 is 6.09 Å². The number of rotatable bonds is 5. The van der Waals surface area contributed by atoms with Crippen LogP contribution in [0.15, 0.2) is 24.3 Å². The third-order valence-electron chi connectivity index (χ3n) is 6.19. The summed E-state index contributed by atoms with van der Waals surface area (Å²) in [6.07, 6.45) is 0.263. The number of carbonyl (C=O) groups excluding carboxylic acids is 1. The van der Waals surface area contributed by atoms with E-state index in [0.29, 0.717) is 19.4 Å². The van der Waals surface area contributed by atoms with Gasteiger partial charge in [-0.15, -0.1) is 0 Å². The van der Waals surface area contributed by atoms with Gasteiger partial charge in [-0.3, -0.25) is 4.90 Å². The predicted octanol–water partition coefficient (Wildman–Crippen LogP) is 5.13. The summed E-state index contributed by atoms with van der Waals surface area (Å²) in [5, 5.41) is 10.5. The Bertz CT molecular complexity index is 739. The number of benzene rings is 1. The number of ether oxygens (including phenoxy) is 1. The number of aliphatic hydroxyl groups is 1. The van der Waals surface area contributed by atoms with Gasteiger partial charge in [-0.2, -0.15) is 0 Å². The van der Waals surface area contributed by atoms with Crippen LogP contribution in [0.1, 0.15) is 53.5 Å². The first-order valence-electron chi connectivity index (χ1n) is 10.6. The molecule has 1 amide bonds. The molecule has 1 aliphatic rings. The van der Waals surface area contributed by atoms with Crippen molar-refractivity contribution < 1.29 is 23.5 Å². The first-order valence-corrected chi connectivity index (χ1v) is 13.5. The number of nitrogens with zero attached hydrogens (tertiary/aromatic N) is 1. The molecule has 2 rings (SSSR count). The van der Waals surface area contributed by atoms with Crippen molar-refractivity contribution in [2.75, 3.05) is 13.2 Å². The van der Waals surface area contributed by atoms with Gasteiger partial charge in [0.1, 0.15) is 11.4 Å². The molecule has 5 nitrogen and oxygen atoms in total. The molecule has 1 unspecified atom stereocenters. The van der Waals surface area contributed by atoms with Gasteiger partial charge in [-0.05, 0) is 63.0 Å². The highest BCUT2D eigenvalue weighted by Gasteiger charge is 2.51. The molecule has 7 heteroatoms. The highest BCUT2D eigenvalue weighted by Crippen LogP contribution is 2.42. The second-order valence-corrected chi connectivity index (χ2v) is 15.7. The molecule has 2 atom stereocenters. The van der Waals surface area contributed by atoms with Crippen LogP contribution in [0.2, 0.25) is 18.1 Å². The number of halogens is 1. The van der Waals surface area contributed by atoms with Crippen LogP contribution >= 0.6 is 0 Å². The maximum atomic E-state index is 13.4. The van der Waals surface area contributed by atoms with Crippen LogP contribution in [0, 0.1) is 5.82 Å². The summed E-state index contributed by atoms with van der Waals surface area (Å²) in [5.74, 6) is -0.314. The average Bonchev–Trinajstić information content (AvgIpc) is 2.92. The second kappa shape index (κ2) is 8.59. The number of hydrogen-bond acceptors (Lipinski definition) is 4. The third kappa shape index (κ3) is 5.83. The summed E-state index contributed by atoms with van der Waals surface area (Å²) in [4.78, 5) is 14.7. The molecule has 1 aromatic carbocycles. The minimum absolute atomic E-state index is 0.0329. The van der Waals surface area contributed by atoms with E-state index in [1.54, 1.807) is 17.0 Å². The molecule has 0 bridgehead atoms. The number of likely N-dealkylation sites (tertiary alicyclic amines) is 1. The van der Waals surface area contributed by atoms with Gasteiger partial charge < -0.3 is 14.3 Å². The van der Waals surface area contributed by atoms with Crippen LogP contribution in [0.4, 0.5) is 9.18 Å². The molecule has 0 aromatic heterocycles. The maximum absolute atomic E-state index is 13.4. The maximum Gasteiger partial charge on any atom is 0.410 e. The number of carbonyl (C=O) groups is 1. The zero-order chi connectivity index (χ0) is 23.0. The van der Waals surface area contributed by atoms with Crippen molar-refractivity contribution in [3.8, 4) is 0 Å². The summed E-state index contributed by atoms with van der Waals surface area (Å²) in [5.41, 5.74) is -0.647. The summed E-state index contributed by atoms with van der Waals surface area (Å²) in [6.45, 7) is 16.5. The van der Waals surface area contributed by atoms with Crippen LogP contribution in [-0.4, -0.2) is 54.8 Å². The predicted molar refractivity (Wildman–Crippen MR) is 120 cm³/mol. The molecule has 0 aliphatic carbocycles. The van der Waals surface area contributed by atoms with E-state index >= 15 is 0 Å². The lowest BCUT2D eigenvalue weighted by molar-refractivity contribution is -0.00476. The number of amides is 1. The van der Waals surface area contributed by atoms with E-state index in [1.807, 2.05) is 20.8 Å². The fourth-order valence-electron chi connectivity index (χ4n) is 3.61. The lowest BCUT2D eigenvalue weighted by Gasteiger charge is -2.38. The van der Waals surface area contributed by atoms with Crippen molar-refractivity contribution in [1.82, 2.24) is 4.90 Å². The smallest absolute Gasteiger partial charge is 0.410 e. The minimum atomic E-state index is -2.07. The van der Waals surface area contributed by atoms with Crippen LogP contribution in [-0.2, 0) is 15.6 Å². The summed E-state index contributed by atoms with van der Waals surface area (Å²) < 4.78 is 25.6. The van der Waals surface area contributed by atoms with Gasteiger partial charge in [-0.25, -0.2) is 9.18 Å². The van der Waals surface area contributed by atoms with Gasteiger partial charge in [0.15, 0.2) is 8.32 Å². The van der Waals surface area contributed by atoms with Gasteiger partial charge in [0.2, 0.25) is 0 Å². The zero-order valence-electron chi connectivity index (χ0n) is 19.7. The fourth-order valence-corrected chi connectivity index (χ4v) is 4.95. The van der Waals surface area contributed by atoms with Crippen LogP contribution in [0.5, 0.6) is 0 Å². The molecular weight excluding hydrogens is 401 g/mol. The largest absolute Gasteiger partial charge is 0.444 e. The summed E-state index contributed by atoms with van der Waals surface area (Å²) in [6, 6.07) is 6.19. The Kier molecular flexibility index (Phi) is 7.11. The van der Waals surface area contributed by atoms with Gasteiger partial charge in [0.05, 0.1) is 18.2 Å². The molecular formula is C23H38FNO4Si. The molecule has 0 spiro atoms. The SMILES string of the molecule is CC(C)(C)OC(=O)N1C[C@H](O[Si](C)(C)C(C)(C)C)CC1(CO)Cc1ccc(F)cc1. The molecule has 30 heavy (non-hydrogen) atoms. The normalized spacial score (nSPS) is 23.0. The Labute approximate surface area is 181 Å². The molecule has 1 N–H and O–H groups in total. The Morgan fingerprint density at radius 1 is 1.20 bits per heavy atom. The number of aliphatic hydroxyl groups excluding tert-OH is 1. The van der Waals surface area contributed by atoms with E-state index in [9.17, 15) is 14.3 Å². The molecule has 170 valence electrons. The lowest BCUT2D eigenvalue weighted by Crippen LogP contribution is -2.53. The van der Waals surface area contributed by atoms with Crippen molar-refractivity contribution in [3.63, 3.8) is 0 Å². The topological polar surface area (TPSA) is 59.0 Å². The molecule has 1 aliphatic heterocycles. The monoisotopic (exact) mass is 439 g/mol. The second-order valence-electron chi connectivity index (χ2n) is 11.0. The molecule has 1 heterocycles. The van der Waals surface area contributed by atoms with E-state index in [0.717, 1.165) is 5.56 Å². The van der Waals surface area contributed by atoms with Crippen molar-refractivity contribution >= 4 is 14.4 Å². The highest BCUT2D eigenvalue weighted by molar-refractivity contribution is 6.74. The lowest BCUT2D eigenvalue weighted by atomic mass is 9.88. The fraction of sp³-hybridized carbons (Fsp3) is 0.696. The zero-order valence-corrected chi connectivity index (χ0v) is 20.7. The molecule has 0 radical (unpaired) electrons. The summed E-state index contributed by atoms with van der Waals surface area (Å²) >= 11 is 0. The molecule has 1 aromatic rings. The molecule has 0 saturated carbocycles. The van der Waals surface area contributed by atoms with E-state index in [2.05, 4.69) is 33.9 Å². The van der Waals surface area contributed by atoms with E-state index < -0.39 is 25.6 Å². The Morgan fingerprint density at radius 2 is 1.77 bits per heavy atom. The third-order valence-corrected chi connectivity index (χ3v) is 10.7. The Hall–Kier alpha value is -1.44. The average molecular weight is 440 g/mol. The molecule has 1 saturated heterocycles. The van der Waals surface area contributed by atoms with Crippen molar-refractivity contribution in [3.05, 3.63) is 35.6 Å². The standard InChI is InChI=1S/C23H38FNO4Si/c1-21(2,3)28-20(27)25-15-19(29-30(7,8)22(4,5)6)14-23(25,16-26)13-17-9-11-18(24)12-10-17/h9-12,19,26H,13-16H2,1-8H3/t19-,23?/m1/s1. The van der Waals surface area contributed by atoms with E-state index in [-0.39, 0.29) is 23.6 Å². The van der Waals surface area contributed by atoms with Crippen LogP contribution in [0.25, 0.3) is 0 Å². The van der Waals surface area contributed by atoms with Crippen molar-refractivity contribution in [1.29, 1.82) is 0 Å². The van der Waals surface area contributed by atoms with Crippen molar-refractivity contribution in [2.45, 2.75) is 89.8 Å². The Morgan fingerprint density at radius 3 is 2.23 bits per heavy atom. The van der Waals surface area contributed by atoms with E-state index in [4.69, 9.17) is 9.16 Å². The van der Waals surface area contributed by atoms with Gasteiger partial charge in [0.25, 0.3) is 0 Å². The summed E-state index contributed by atoms with van der Waals surface area (Å²) in [7, 11) is -2.07. The van der Waals surface area contributed by atoms with Crippen LogP contribution in [0.3, 0.4) is 0 Å². The van der Waals surface area contributed by atoms with Crippen molar-refractivity contribution in [2.24, 2.45) is 0 Å². The molecule has 1 fully saturated rings. The Balaban J connectivity index is 2.35. The van der Waals surface area contributed by atoms with Crippen LogP contribution < -0.4 is 0 Å². The van der Waals surface area contributed by atoms with Gasteiger partial charge in [-0.1, -0.05) is 32.9 Å². The quantitative estimate of drug-likeness (QED) is 0.646. The highest BCUT2D eigenvalue weighted by atomic mass is 28.4. The first kappa shape index (κ1) is 24.8.